The van der Waals surface area contributed by atoms with Gasteiger partial charge in [0.05, 0.1) is 27.9 Å². The molecule has 0 aliphatic rings. The fourth-order valence-corrected chi connectivity index (χ4v) is 5.06. The maximum absolute atomic E-state index is 13.8. The average molecular weight is 582 g/mol. The molecule has 0 saturated carbocycles. The quantitative estimate of drug-likeness (QED) is 0.231. The fourth-order valence-electron chi connectivity index (χ4n) is 3.96. The van der Waals surface area contributed by atoms with Gasteiger partial charge in [-0.25, -0.2) is 23.4 Å². The highest BCUT2D eigenvalue weighted by molar-refractivity contribution is 7.93. The van der Waals surface area contributed by atoms with Crippen LogP contribution in [0.4, 0.5) is 5.95 Å². The van der Waals surface area contributed by atoms with Crippen LogP contribution < -0.4 is 18.9 Å². The first-order valence-electron chi connectivity index (χ1n) is 12.4. The summed E-state index contributed by atoms with van der Waals surface area (Å²) in [4.78, 5) is 13.1. The van der Waals surface area contributed by atoms with Gasteiger partial charge in [-0.3, -0.25) is 9.29 Å². The maximum Gasteiger partial charge on any atom is 0.243 e. The number of methoxy groups -OCH3 is 3. The number of aromatic nitrogens is 6. The Morgan fingerprint density at radius 2 is 1.66 bits per heavy atom. The molecule has 0 saturated heterocycles. The normalized spacial score (nSPS) is 12.8. The van der Waals surface area contributed by atoms with Crippen LogP contribution in [0.5, 0.6) is 17.4 Å². The number of aryl methyl sites for hydroxylation is 1. The van der Waals surface area contributed by atoms with E-state index in [1.807, 2.05) is 6.92 Å². The Kier molecular flexibility index (Phi) is 9.14. The number of anilines is 1. The third kappa shape index (κ3) is 6.28. The number of nitrogens with zero attached hydrogens (tertiary/aromatic N) is 6. The molecule has 2 atom stereocenters. The second kappa shape index (κ2) is 12.7. The molecule has 216 valence electrons. The van der Waals surface area contributed by atoms with Gasteiger partial charge in [-0.15, -0.1) is 16.8 Å². The van der Waals surface area contributed by atoms with Crippen molar-refractivity contribution in [2.75, 3.05) is 32.7 Å². The highest BCUT2D eigenvalue weighted by Gasteiger charge is 2.35. The predicted molar refractivity (Wildman–Crippen MR) is 152 cm³/mol. The summed E-state index contributed by atoms with van der Waals surface area (Å²) < 4.78 is 54.0. The molecule has 1 aromatic carbocycles. The standard InChI is InChI=1S/C27H31N7O6S/c1-7-14-40-24(25-28-15-17(2)16-29-25)18(3)41(35,36)33-27-32-31-26(19-10-8-13-22(30-19)39-6)34(27)23-20(37-4)11-9-12-21(23)38-5/h7-13,15-16,18,24H,1,14H2,2-6H3,(H,32,33)/t18-,24-/m1/s1. The first-order chi connectivity index (χ1) is 19.7. The minimum atomic E-state index is -4.19. The Labute approximate surface area is 238 Å². The smallest absolute Gasteiger partial charge is 0.243 e. The van der Waals surface area contributed by atoms with Crippen LogP contribution in [0.25, 0.3) is 17.2 Å². The van der Waals surface area contributed by atoms with Crippen molar-refractivity contribution in [1.82, 2.24) is 29.7 Å². The lowest BCUT2D eigenvalue weighted by atomic mass is 10.2. The molecule has 0 unspecified atom stereocenters. The molecule has 1 N–H and O–H groups in total. The number of hydrogen-bond donors (Lipinski definition) is 1. The van der Waals surface area contributed by atoms with Crippen molar-refractivity contribution in [3.8, 4) is 34.6 Å². The van der Waals surface area contributed by atoms with E-state index in [9.17, 15) is 8.42 Å². The topological polar surface area (TPSA) is 152 Å². The molecule has 4 aromatic rings. The van der Waals surface area contributed by atoms with Gasteiger partial charge in [0.1, 0.15) is 34.2 Å². The molecule has 4 rings (SSSR count). The van der Waals surface area contributed by atoms with Crippen molar-refractivity contribution < 1.29 is 27.4 Å². The molecular weight excluding hydrogens is 550 g/mol. The summed E-state index contributed by atoms with van der Waals surface area (Å²) in [6.45, 7) is 7.07. The lowest BCUT2D eigenvalue weighted by molar-refractivity contribution is 0.0670. The van der Waals surface area contributed by atoms with E-state index in [0.29, 0.717) is 28.8 Å². The van der Waals surface area contributed by atoms with E-state index in [1.165, 1.54) is 38.9 Å². The van der Waals surface area contributed by atoms with E-state index in [-0.39, 0.29) is 24.2 Å². The third-order valence-corrected chi connectivity index (χ3v) is 7.74. The molecule has 0 bridgehead atoms. The summed E-state index contributed by atoms with van der Waals surface area (Å²) in [7, 11) is 0.272. The first kappa shape index (κ1) is 29.4. The van der Waals surface area contributed by atoms with Crippen molar-refractivity contribution in [1.29, 1.82) is 0 Å². The van der Waals surface area contributed by atoms with Gasteiger partial charge in [0, 0.05) is 18.5 Å². The summed E-state index contributed by atoms with van der Waals surface area (Å²) in [6, 6.07) is 10.2. The number of para-hydroxylation sites is 1. The molecular formula is C27H31N7O6S. The lowest BCUT2D eigenvalue weighted by Gasteiger charge is -2.23. The molecule has 14 heteroatoms. The van der Waals surface area contributed by atoms with Crippen molar-refractivity contribution in [3.05, 3.63) is 72.8 Å². The monoisotopic (exact) mass is 581 g/mol. The largest absolute Gasteiger partial charge is 0.494 e. The predicted octanol–water partition coefficient (Wildman–Crippen LogP) is 3.53. The molecule has 0 aliphatic carbocycles. The summed E-state index contributed by atoms with van der Waals surface area (Å²) in [6.07, 6.45) is 3.70. The van der Waals surface area contributed by atoms with Crippen LogP contribution in [0.15, 0.2) is 61.4 Å². The minimum Gasteiger partial charge on any atom is -0.494 e. The molecule has 0 fully saturated rings. The zero-order valence-electron chi connectivity index (χ0n) is 23.3. The Morgan fingerprint density at radius 3 is 2.27 bits per heavy atom. The second-order valence-corrected chi connectivity index (χ2v) is 10.8. The summed E-state index contributed by atoms with van der Waals surface area (Å²) in [5, 5.41) is 7.31. The Balaban J connectivity index is 1.85. The number of rotatable bonds is 13. The minimum absolute atomic E-state index is 0.0853. The van der Waals surface area contributed by atoms with Crippen LogP contribution in [0.3, 0.4) is 0 Å². The van der Waals surface area contributed by atoms with Gasteiger partial charge < -0.3 is 18.9 Å². The van der Waals surface area contributed by atoms with Crippen molar-refractivity contribution >= 4 is 16.0 Å². The van der Waals surface area contributed by atoms with E-state index in [0.717, 1.165) is 5.56 Å². The molecule has 0 spiro atoms. The second-order valence-electron chi connectivity index (χ2n) is 8.77. The van der Waals surface area contributed by atoms with Gasteiger partial charge in [0.15, 0.2) is 11.6 Å². The number of hydrogen-bond acceptors (Lipinski definition) is 11. The van der Waals surface area contributed by atoms with Crippen molar-refractivity contribution in [2.45, 2.75) is 25.2 Å². The summed E-state index contributed by atoms with van der Waals surface area (Å²) in [5.41, 5.74) is 1.54. The van der Waals surface area contributed by atoms with Crippen LogP contribution in [-0.2, 0) is 14.8 Å². The molecule has 13 nitrogen and oxygen atoms in total. The van der Waals surface area contributed by atoms with Gasteiger partial charge >= 0.3 is 0 Å². The summed E-state index contributed by atoms with van der Waals surface area (Å²) in [5.74, 6) is 1.37. The molecule has 41 heavy (non-hydrogen) atoms. The fraction of sp³-hybridized carbons (Fsp3) is 0.296. The van der Waals surface area contributed by atoms with Gasteiger partial charge in [-0.1, -0.05) is 18.2 Å². The molecule has 0 aliphatic heterocycles. The molecule has 0 amide bonds. The Morgan fingerprint density at radius 1 is 1.00 bits per heavy atom. The van der Waals surface area contributed by atoms with Crippen molar-refractivity contribution in [3.63, 3.8) is 0 Å². The number of ether oxygens (including phenoxy) is 4. The zero-order valence-corrected chi connectivity index (χ0v) is 24.1. The number of nitrogens with one attached hydrogen (secondary N) is 1. The van der Waals surface area contributed by atoms with Crippen molar-refractivity contribution in [2.24, 2.45) is 0 Å². The Bertz CT molecular complexity index is 1590. The van der Waals surface area contributed by atoms with Gasteiger partial charge in [0.25, 0.3) is 0 Å². The summed E-state index contributed by atoms with van der Waals surface area (Å²) >= 11 is 0. The van der Waals surface area contributed by atoms with Crippen LogP contribution in [0.1, 0.15) is 24.4 Å². The first-order valence-corrected chi connectivity index (χ1v) is 14.0. The average Bonchev–Trinajstić information content (AvgIpc) is 3.39. The number of pyridine rings is 1. The van der Waals surface area contributed by atoms with E-state index < -0.39 is 21.4 Å². The van der Waals surface area contributed by atoms with Gasteiger partial charge in [0.2, 0.25) is 21.9 Å². The number of sulfonamides is 1. The van der Waals surface area contributed by atoms with E-state index in [2.05, 4.69) is 36.5 Å². The van der Waals surface area contributed by atoms with E-state index in [4.69, 9.17) is 18.9 Å². The molecule has 0 radical (unpaired) electrons. The highest BCUT2D eigenvalue weighted by atomic mass is 32.2. The maximum atomic E-state index is 13.8. The zero-order chi connectivity index (χ0) is 29.6. The number of benzene rings is 1. The van der Waals surface area contributed by atoms with Crippen LogP contribution in [0, 0.1) is 6.92 Å². The molecule has 3 aromatic heterocycles. The van der Waals surface area contributed by atoms with Crippen LogP contribution >= 0.6 is 0 Å². The van der Waals surface area contributed by atoms with E-state index >= 15 is 0 Å². The SMILES string of the molecule is C=CCO[C@@H](c1ncc(C)cn1)[C@@H](C)S(=O)(=O)Nc1nnc(-c2cccc(OC)n2)n1-c1c(OC)cccc1OC. The van der Waals surface area contributed by atoms with Crippen LogP contribution in [-0.4, -0.2) is 71.3 Å². The third-order valence-electron chi connectivity index (χ3n) is 6.05. The molecule has 3 heterocycles. The highest BCUT2D eigenvalue weighted by Crippen LogP contribution is 2.38. The Hall–Kier alpha value is -4.56. The van der Waals surface area contributed by atoms with Gasteiger partial charge in [-0.2, -0.15) is 0 Å². The lowest BCUT2D eigenvalue weighted by Crippen LogP contribution is -2.34. The van der Waals surface area contributed by atoms with E-state index in [1.54, 1.807) is 48.8 Å². The van der Waals surface area contributed by atoms with Crippen LogP contribution in [0.2, 0.25) is 0 Å². The van der Waals surface area contributed by atoms with Gasteiger partial charge in [-0.05, 0) is 37.6 Å².